The van der Waals surface area contributed by atoms with Crippen LogP contribution in [-0.2, 0) is 11.4 Å². The van der Waals surface area contributed by atoms with Crippen molar-refractivity contribution < 1.29 is 14.5 Å². The summed E-state index contributed by atoms with van der Waals surface area (Å²) in [5.74, 6) is -0.00212. The second-order valence-corrected chi connectivity index (χ2v) is 7.61. The molecule has 0 saturated carbocycles. The number of carbonyl (C=O) groups excluding carboxylic acids is 1. The highest BCUT2D eigenvalue weighted by Crippen LogP contribution is 2.27. The van der Waals surface area contributed by atoms with Gasteiger partial charge in [-0.15, -0.1) is 0 Å². The lowest BCUT2D eigenvalue weighted by Gasteiger charge is -2.08. The highest BCUT2D eigenvalue weighted by Gasteiger charge is 2.15. The fourth-order valence-corrected chi connectivity index (χ4v) is 3.42. The molecule has 0 radical (unpaired) electrons. The minimum atomic E-state index is -0.656. The lowest BCUT2D eigenvalue weighted by atomic mass is 10.1. The predicted molar refractivity (Wildman–Crippen MR) is 129 cm³/mol. The molecule has 0 bridgehead atoms. The molecule has 168 valence electrons. The van der Waals surface area contributed by atoms with Gasteiger partial charge in [-0.1, -0.05) is 36.4 Å². The van der Waals surface area contributed by atoms with Crippen molar-refractivity contribution in [1.82, 2.24) is 4.98 Å². The van der Waals surface area contributed by atoms with Crippen LogP contribution >= 0.6 is 0 Å². The van der Waals surface area contributed by atoms with Gasteiger partial charge in [0.15, 0.2) is 0 Å². The van der Waals surface area contributed by atoms with E-state index in [1.165, 1.54) is 18.2 Å². The average Bonchev–Trinajstić information content (AvgIpc) is 3.24. The van der Waals surface area contributed by atoms with Crippen LogP contribution in [0.2, 0.25) is 0 Å². The molecule has 0 fully saturated rings. The van der Waals surface area contributed by atoms with Gasteiger partial charge in [0.05, 0.1) is 10.6 Å². The van der Waals surface area contributed by atoms with Crippen molar-refractivity contribution in [2.24, 2.45) is 0 Å². The van der Waals surface area contributed by atoms with Crippen molar-refractivity contribution in [3.8, 4) is 11.8 Å². The highest BCUT2D eigenvalue weighted by molar-refractivity contribution is 6.11. The molecule has 4 aromatic rings. The third-order valence-corrected chi connectivity index (χ3v) is 5.28. The van der Waals surface area contributed by atoms with Gasteiger partial charge < -0.3 is 15.0 Å². The second kappa shape index (κ2) is 9.71. The number of aromatic amines is 1. The Morgan fingerprint density at radius 2 is 1.97 bits per heavy atom. The zero-order chi connectivity index (χ0) is 24.1. The van der Waals surface area contributed by atoms with Crippen LogP contribution in [-0.4, -0.2) is 15.8 Å². The van der Waals surface area contributed by atoms with Crippen molar-refractivity contribution in [2.75, 3.05) is 5.32 Å². The van der Waals surface area contributed by atoms with E-state index in [1.54, 1.807) is 19.2 Å². The Balaban J connectivity index is 1.57. The summed E-state index contributed by atoms with van der Waals surface area (Å²) in [6, 6.07) is 21.4. The van der Waals surface area contributed by atoms with Gasteiger partial charge in [0, 0.05) is 34.8 Å². The molecule has 4 rings (SSSR count). The molecule has 1 aromatic heterocycles. The summed E-state index contributed by atoms with van der Waals surface area (Å²) >= 11 is 0. The van der Waals surface area contributed by atoms with Crippen LogP contribution in [0, 0.1) is 28.4 Å². The van der Waals surface area contributed by atoms with E-state index in [4.69, 9.17) is 4.74 Å². The third-order valence-electron chi connectivity index (χ3n) is 5.28. The van der Waals surface area contributed by atoms with E-state index in [9.17, 15) is 20.2 Å². The fraction of sp³-hybridized carbons (Fsp3) is 0.0769. The third kappa shape index (κ3) is 4.95. The molecule has 0 aliphatic rings. The quantitative estimate of drug-likeness (QED) is 0.166. The average molecular weight is 452 g/mol. The van der Waals surface area contributed by atoms with Crippen LogP contribution < -0.4 is 10.1 Å². The van der Waals surface area contributed by atoms with Crippen LogP contribution in [0.1, 0.15) is 16.7 Å². The number of ether oxygens (including phenoxy) is 1. The standard InChI is InChI=1S/C26H20N4O4/c1-17-7-8-21(30(32)33)12-25(17)29-26(31)19(14-27)11-20-15-28-24-10-9-22(13-23(20)24)34-16-18-5-3-2-4-6-18/h2-13,15,28H,16H2,1H3,(H,29,31)/b19-11+. The Bertz CT molecular complexity index is 1450. The van der Waals surface area contributed by atoms with Crippen molar-refractivity contribution in [3.63, 3.8) is 0 Å². The first-order valence-corrected chi connectivity index (χ1v) is 10.4. The van der Waals surface area contributed by atoms with Gasteiger partial charge in [0.2, 0.25) is 0 Å². The van der Waals surface area contributed by atoms with E-state index < -0.39 is 10.8 Å². The van der Waals surface area contributed by atoms with E-state index in [0.717, 1.165) is 16.5 Å². The maximum atomic E-state index is 12.8. The van der Waals surface area contributed by atoms with Gasteiger partial charge in [0.1, 0.15) is 24.0 Å². The first-order chi connectivity index (χ1) is 16.4. The number of aryl methyl sites for hydroxylation is 1. The summed E-state index contributed by atoms with van der Waals surface area (Å²) in [7, 11) is 0. The monoisotopic (exact) mass is 452 g/mol. The van der Waals surface area contributed by atoms with Gasteiger partial charge in [-0.05, 0) is 42.3 Å². The largest absolute Gasteiger partial charge is 0.489 e. The number of nitro groups is 1. The summed E-state index contributed by atoms with van der Waals surface area (Å²) in [5.41, 5.74) is 3.13. The fourth-order valence-electron chi connectivity index (χ4n) is 3.42. The molecular formula is C26H20N4O4. The van der Waals surface area contributed by atoms with E-state index in [-0.39, 0.29) is 16.9 Å². The zero-order valence-corrected chi connectivity index (χ0v) is 18.2. The molecule has 0 unspecified atom stereocenters. The van der Waals surface area contributed by atoms with Gasteiger partial charge in [0.25, 0.3) is 11.6 Å². The highest BCUT2D eigenvalue weighted by atomic mass is 16.6. The maximum Gasteiger partial charge on any atom is 0.271 e. The molecule has 2 N–H and O–H groups in total. The number of nitriles is 1. The van der Waals surface area contributed by atoms with E-state index in [2.05, 4.69) is 10.3 Å². The summed E-state index contributed by atoms with van der Waals surface area (Å²) < 4.78 is 5.89. The van der Waals surface area contributed by atoms with Crippen LogP contribution in [0.5, 0.6) is 5.75 Å². The Kier molecular flexibility index (Phi) is 6.37. The Morgan fingerprint density at radius 1 is 1.18 bits per heavy atom. The number of hydrogen-bond donors (Lipinski definition) is 2. The van der Waals surface area contributed by atoms with Gasteiger partial charge in [-0.3, -0.25) is 14.9 Å². The number of hydrogen-bond acceptors (Lipinski definition) is 5. The number of anilines is 1. The Morgan fingerprint density at radius 3 is 2.71 bits per heavy atom. The molecule has 3 aromatic carbocycles. The molecule has 0 aliphatic heterocycles. The molecule has 1 amide bonds. The topological polar surface area (TPSA) is 121 Å². The van der Waals surface area contributed by atoms with E-state index in [0.29, 0.717) is 23.5 Å². The second-order valence-electron chi connectivity index (χ2n) is 7.61. The minimum absolute atomic E-state index is 0.137. The van der Waals surface area contributed by atoms with Crippen LogP contribution in [0.4, 0.5) is 11.4 Å². The number of H-pyrrole nitrogens is 1. The summed E-state index contributed by atoms with van der Waals surface area (Å²) in [6.07, 6.45) is 3.18. The SMILES string of the molecule is Cc1ccc([N+](=O)[O-])cc1NC(=O)/C(C#N)=C/c1c[nH]c2ccc(OCc3ccccc3)cc12. The normalized spacial score (nSPS) is 11.1. The van der Waals surface area contributed by atoms with Crippen molar-refractivity contribution in [3.05, 3.63) is 105 Å². The van der Waals surface area contributed by atoms with Crippen LogP contribution in [0.15, 0.2) is 78.5 Å². The maximum absolute atomic E-state index is 12.8. The number of nitrogens with one attached hydrogen (secondary N) is 2. The number of benzene rings is 3. The number of fused-ring (bicyclic) bond motifs is 1. The number of non-ortho nitro benzene ring substituents is 1. The first kappa shape index (κ1) is 22.3. The first-order valence-electron chi connectivity index (χ1n) is 10.4. The van der Waals surface area contributed by atoms with E-state index in [1.807, 2.05) is 54.6 Å². The smallest absolute Gasteiger partial charge is 0.271 e. The molecule has 0 atom stereocenters. The van der Waals surface area contributed by atoms with Crippen molar-refractivity contribution >= 4 is 34.3 Å². The number of aromatic nitrogens is 1. The summed E-state index contributed by atoms with van der Waals surface area (Å²) in [5, 5.41) is 24.0. The molecule has 1 heterocycles. The summed E-state index contributed by atoms with van der Waals surface area (Å²) in [6.45, 7) is 2.13. The predicted octanol–water partition coefficient (Wildman–Crippen LogP) is 5.51. The van der Waals surface area contributed by atoms with E-state index >= 15 is 0 Å². The number of nitro benzene ring substituents is 1. The van der Waals surface area contributed by atoms with Crippen LogP contribution in [0.3, 0.4) is 0 Å². The van der Waals surface area contributed by atoms with Crippen molar-refractivity contribution in [2.45, 2.75) is 13.5 Å². The Hall–Kier alpha value is -4.90. The number of amides is 1. The Labute approximate surface area is 195 Å². The van der Waals surface area contributed by atoms with Gasteiger partial charge in [-0.25, -0.2) is 0 Å². The van der Waals surface area contributed by atoms with Gasteiger partial charge >= 0.3 is 0 Å². The van der Waals surface area contributed by atoms with Gasteiger partial charge in [-0.2, -0.15) is 5.26 Å². The number of carbonyl (C=O) groups is 1. The molecule has 0 saturated heterocycles. The lowest BCUT2D eigenvalue weighted by molar-refractivity contribution is -0.384. The molecule has 8 heteroatoms. The molecule has 0 spiro atoms. The number of rotatable bonds is 7. The molecule has 0 aliphatic carbocycles. The molecule has 8 nitrogen and oxygen atoms in total. The molecule has 34 heavy (non-hydrogen) atoms. The van der Waals surface area contributed by atoms with Crippen molar-refractivity contribution in [1.29, 1.82) is 5.26 Å². The minimum Gasteiger partial charge on any atom is -0.489 e. The van der Waals surface area contributed by atoms with Crippen LogP contribution in [0.25, 0.3) is 17.0 Å². The summed E-state index contributed by atoms with van der Waals surface area (Å²) in [4.78, 5) is 26.4. The zero-order valence-electron chi connectivity index (χ0n) is 18.2. The lowest BCUT2D eigenvalue weighted by Crippen LogP contribution is -2.14. The molecular weight excluding hydrogens is 432 g/mol. The number of nitrogens with zero attached hydrogens (tertiary/aromatic N) is 2.